The van der Waals surface area contributed by atoms with Gasteiger partial charge in [-0.05, 0) is 44.1 Å². The van der Waals surface area contributed by atoms with E-state index >= 15 is 0 Å². The van der Waals surface area contributed by atoms with Gasteiger partial charge in [-0.2, -0.15) is 0 Å². The van der Waals surface area contributed by atoms with Crippen LogP contribution in [0.15, 0.2) is 24.3 Å². The molecule has 1 aromatic rings. The maximum Gasteiger partial charge on any atom is 0.0338 e. The number of nitrogens with zero attached hydrogens (tertiary/aromatic N) is 1. The summed E-state index contributed by atoms with van der Waals surface area (Å²) >= 11 is 0. The van der Waals surface area contributed by atoms with E-state index in [1.54, 1.807) is 0 Å². The molecule has 116 valence electrons. The van der Waals surface area contributed by atoms with Gasteiger partial charge in [0.1, 0.15) is 0 Å². The first kappa shape index (κ1) is 15.1. The van der Waals surface area contributed by atoms with Gasteiger partial charge in [0, 0.05) is 31.2 Å². The van der Waals surface area contributed by atoms with Gasteiger partial charge >= 0.3 is 0 Å². The lowest BCUT2D eigenvalue weighted by atomic mass is 9.87. The number of hydrogen-bond donors (Lipinski definition) is 1. The molecule has 1 N–H and O–H groups in total. The van der Waals surface area contributed by atoms with E-state index in [9.17, 15) is 0 Å². The highest BCUT2D eigenvalue weighted by atomic mass is 15.3. The Balaban J connectivity index is 1.77. The van der Waals surface area contributed by atoms with Gasteiger partial charge in [-0.15, -0.1) is 0 Å². The molecule has 2 nitrogen and oxygen atoms in total. The second-order valence-corrected chi connectivity index (χ2v) is 7.73. The lowest BCUT2D eigenvalue weighted by Crippen LogP contribution is -2.65. The topological polar surface area (TPSA) is 15.3 Å². The zero-order valence-electron chi connectivity index (χ0n) is 14.0. The number of nitrogens with one attached hydrogen (secondary N) is 1. The van der Waals surface area contributed by atoms with Crippen LogP contribution in [-0.4, -0.2) is 29.6 Å². The average molecular weight is 286 g/mol. The molecule has 2 atom stereocenters. The van der Waals surface area contributed by atoms with Crippen LogP contribution in [0.2, 0.25) is 0 Å². The van der Waals surface area contributed by atoms with Gasteiger partial charge in [-0.25, -0.2) is 0 Å². The van der Waals surface area contributed by atoms with Crippen molar-refractivity contribution < 1.29 is 0 Å². The van der Waals surface area contributed by atoms with Crippen molar-refractivity contribution in [3.05, 3.63) is 35.4 Å². The quantitative estimate of drug-likeness (QED) is 0.910. The summed E-state index contributed by atoms with van der Waals surface area (Å²) < 4.78 is 0. The van der Waals surface area contributed by atoms with Crippen LogP contribution < -0.4 is 5.32 Å². The number of benzene rings is 1. The molecule has 1 aromatic carbocycles. The van der Waals surface area contributed by atoms with E-state index in [0.29, 0.717) is 17.5 Å². The summed E-state index contributed by atoms with van der Waals surface area (Å²) in [7, 11) is 0. The lowest BCUT2D eigenvalue weighted by Gasteiger charge is -2.49. The number of piperazine rings is 1. The van der Waals surface area contributed by atoms with Gasteiger partial charge in [0.05, 0.1) is 0 Å². The summed E-state index contributed by atoms with van der Waals surface area (Å²) in [6, 6.07) is 9.71. The van der Waals surface area contributed by atoms with E-state index in [1.807, 2.05) is 0 Å². The highest BCUT2D eigenvalue weighted by molar-refractivity contribution is 5.22. The van der Waals surface area contributed by atoms with E-state index in [-0.39, 0.29) is 0 Å². The maximum absolute atomic E-state index is 3.81. The molecule has 21 heavy (non-hydrogen) atoms. The molecule has 0 aromatic heterocycles. The predicted octanol–water partition coefficient (Wildman–Crippen LogP) is 3.59. The molecule has 2 heteroatoms. The molecule has 1 aliphatic heterocycles. The fourth-order valence-electron chi connectivity index (χ4n) is 3.67. The van der Waals surface area contributed by atoms with Crippen molar-refractivity contribution in [2.45, 2.75) is 58.7 Å². The van der Waals surface area contributed by atoms with Crippen molar-refractivity contribution in [1.29, 1.82) is 0 Å². The zero-order valence-corrected chi connectivity index (χ0v) is 14.0. The van der Waals surface area contributed by atoms with Gasteiger partial charge in [0.15, 0.2) is 0 Å². The molecule has 2 aliphatic rings. The Morgan fingerprint density at radius 2 is 1.90 bits per heavy atom. The van der Waals surface area contributed by atoms with Gasteiger partial charge < -0.3 is 5.32 Å². The van der Waals surface area contributed by atoms with Gasteiger partial charge in [-0.1, -0.05) is 43.7 Å². The standard InChI is InChI=1S/C19H30N2/c1-14(2)18-12-21(11-16-7-5-15(3)6-8-16)19(4,13-20-18)17-9-10-17/h5-8,14,17-18,20H,9-13H2,1-4H3. The van der Waals surface area contributed by atoms with E-state index in [2.05, 4.69) is 62.2 Å². The van der Waals surface area contributed by atoms with Crippen molar-refractivity contribution in [3.63, 3.8) is 0 Å². The monoisotopic (exact) mass is 286 g/mol. The van der Waals surface area contributed by atoms with E-state index in [0.717, 1.165) is 19.0 Å². The third kappa shape index (κ3) is 3.17. The molecular formula is C19H30N2. The molecule has 0 bridgehead atoms. The molecule has 1 heterocycles. The minimum Gasteiger partial charge on any atom is -0.311 e. The number of aryl methyl sites for hydroxylation is 1. The highest BCUT2D eigenvalue weighted by Gasteiger charge is 2.48. The van der Waals surface area contributed by atoms with Gasteiger partial charge in [0.2, 0.25) is 0 Å². The van der Waals surface area contributed by atoms with Crippen molar-refractivity contribution in [2.24, 2.45) is 11.8 Å². The Kier molecular flexibility index (Phi) is 4.11. The third-order valence-corrected chi connectivity index (χ3v) is 5.62. The molecular weight excluding hydrogens is 256 g/mol. The van der Waals surface area contributed by atoms with Gasteiger partial charge in [0.25, 0.3) is 0 Å². The normalized spacial score (nSPS) is 30.8. The smallest absolute Gasteiger partial charge is 0.0338 e. The molecule has 3 rings (SSSR count). The van der Waals surface area contributed by atoms with Crippen LogP contribution in [0, 0.1) is 18.8 Å². The molecule has 1 aliphatic carbocycles. The Hall–Kier alpha value is -0.860. The van der Waals surface area contributed by atoms with Crippen LogP contribution in [0.25, 0.3) is 0 Å². The largest absolute Gasteiger partial charge is 0.311 e. The van der Waals surface area contributed by atoms with E-state index in [4.69, 9.17) is 0 Å². The van der Waals surface area contributed by atoms with Crippen molar-refractivity contribution in [2.75, 3.05) is 13.1 Å². The average Bonchev–Trinajstić information content (AvgIpc) is 3.28. The molecule has 2 fully saturated rings. The first-order chi connectivity index (χ1) is 9.99. The summed E-state index contributed by atoms with van der Waals surface area (Å²) in [6.45, 7) is 12.7. The fraction of sp³-hybridized carbons (Fsp3) is 0.684. The summed E-state index contributed by atoms with van der Waals surface area (Å²) in [4.78, 5) is 2.76. The predicted molar refractivity (Wildman–Crippen MR) is 89.3 cm³/mol. The molecule has 1 saturated heterocycles. The Labute approximate surface area is 129 Å². The molecule has 2 unspecified atom stereocenters. The number of hydrogen-bond acceptors (Lipinski definition) is 2. The highest BCUT2D eigenvalue weighted by Crippen LogP contribution is 2.44. The fourth-order valence-corrected chi connectivity index (χ4v) is 3.67. The molecule has 1 saturated carbocycles. The summed E-state index contributed by atoms with van der Waals surface area (Å²) in [6.07, 6.45) is 2.82. The Morgan fingerprint density at radius 3 is 2.48 bits per heavy atom. The lowest BCUT2D eigenvalue weighted by molar-refractivity contribution is 0.0186. The Bertz CT molecular complexity index is 475. The minimum atomic E-state index is 0.344. The molecule has 0 spiro atoms. The van der Waals surface area contributed by atoms with E-state index < -0.39 is 0 Å². The van der Waals surface area contributed by atoms with Crippen molar-refractivity contribution >= 4 is 0 Å². The first-order valence-corrected chi connectivity index (χ1v) is 8.53. The summed E-state index contributed by atoms with van der Waals surface area (Å²) in [5.74, 6) is 1.60. The van der Waals surface area contributed by atoms with Crippen LogP contribution in [0.4, 0.5) is 0 Å². The summed E-state index contributed by atoms with van der Waals surface area (Å²) in [5.41, 5.74) is 3.15. The zero-order chi connectivity index (χ0) is 15.0. The molecule has 0 amide bonds. The van der Waals surface area contributed by atoms with E-state index in [1.165, 1.54) is 30.5 Å². The Morgan fingerprint density at radius 1 is 1.24 bits per heavy atom. The third-order valence-electron chi connectivity index (χ3n) is 5.62. The van der Waals surface area contributed by atoms with Crippen molar-refractivity contribution in [3.8, 4) is 0 Å². The second-order valence-electron chi connectivity index (χ2n) is 7.73. The number of rotatable bonds is 4. The van der Waals surface area contributed by atoms with Crippen LogP contribution in [0.5, 0.6) is 0 Å². The molecule has 0 radical (unpaired) electrons. The van der Waals surface area contributed by atoms with Crippen LogP contribution in [0.3, 0.4) is 0 Å². The maximum atomic E-state index is 3.81. The first-order valence-electron chi connectivity index (χ1n) is 8.53. The van der Waals surface area contributed by atoms with Crippen molar-refractivity contribution in [1.82, 2.24) is 10.2 Å². The second kappa shape index (κ2) is 5.73. The summed E-state index contributed by atoms with van der Waals surface area (Å²) in [5, 5.41) is 3.81. The minimum absolute atomic E-state index is 0.344. The SMILES string of the molecule is Cc1ccc(CN2CC(C(C)C)NCC2(C)C2CC2)cc1. The van der Waals surface area contributed by atoms with Crippen LogP contribution >= 0.6 is 0 Å². The van der Waals surface area contributed by atoms with Crippen LogP contribution in [0.1, 0.15) is 44.7 Å². The van der Waals surface area contributed by atoms with Gasteiger partial charge in [-0.3, -0.25) is 4.90 Å². The van der Waals surface area contributed by atoms with Crippen LogP contribution in [-0.2, 0) is 6.54 Å².